The predicted octanol–water partition coefficient (Wildman–Crippen LogP) is 2.28. The molecule has 0 aromatic heterocycles. The minimum Gasteiger partial charge on any atom is -0.326 e. The zero-order valence-electron chi connectivity index (χ0n) is 8.16. The third-order valence-electron chi connectivity index (χ3n) is 1.83. The minimum absolute atomic E-state index is 0.0151. The van der Waals surface area contributed by atoms with Gasteiger partial charge in [0.15, 0.2) is 0 Å². The van der Waals surface area contributed by atoms with Crippen LogP contribution in [-0.2, 0) is 4.79 Å². The normalized spacial score (nSPS) is 11.4. The van der Waals surface area contributed by atoms with Gasteiger partial charge in [-0.25, -0.2) is 0 Å². The Kier molecular flexibility index (Phi) is 3.75. The number of nitrogens with one attached hydrogen (secondary N) is 1. The summed E-state index contributed by atoms with van der Waals surface area (Å²) < 4.78 is 0. The highest BCUT2D eigenvalue weighted by atomic mass is 16.1. The van der Waals surface area contributed by atoms with E-state index in [0.29, 0.717) is 6.42 Å². The largest absolute Gasteiger partial charge is 0.326 e. The van der Waals surface area contributed by atoms with Crippen molar-refractivity contribution in [1.82, 2.24) is 0 Å². The van der Waals surface area contributed by atoms with Gasteiger partial charge in [-0.3, -0.25) is 4.79 Å². The Morgan fingerprint density at radius 2 is 2.14 bits per heavy atom. The van der Waals surface area contributed by atoms with Crippen molar-refractivity contribution in [2.24, 2.45) is 5.92 Å². The number of anilines is 1. The third kappa shape index (κ3) is 3.32. The average Bonchev–Trinajstić information content (AvgIpc) is 2.19. The Morgan fingerprint density at radius 1 is 1.50 bits per heavy atom. The molecule has 72 valence electrons. The first kappa shape index (κ1) is 10.3. The van der Waals surface area contributed by atoms with Gasteiger partial charge < -0.3 is 5.32 Å². The van der Waals surface area contributed by atoms with E-state index in [4.69, 9.17) is 6.42 Å². The fourth-order valence-electron chi connectivity index (χ4n) is 1.07. The van der Waals surface area contributed by atoms with E-state index in [0.717, 1.165) is 5.69 Å². The molecular weight excluding hydrogens is 174 g/mol. The summed E-state index contributed by atoms with van der Waals surface area (Å²) in [5.41, 5.74) is 0.807. The summed E-state index contributed by atoms with van der Waals surface area (Å²) in [7, 11) is 0. The van der Waals surface area contributed by atoms with Gasteiger partial charge in [0.2, 0.25) is 5.91 Å². The van der Waals surface area contributed by atoms with Gasteiger partial charge in [-0.05, 0) is 12.1 Å². The summed E-state index contributed by atoms with van der Waals surface area (Å²) in [4.78, 5) is 11.4. The number of hydrogen-bond donors (Lipinski definition) is 1. The zero-order valence-corrected chi connectivity index (χ0v) is 8.16. The molecule has 0 aliphatic carbocycles. The quantitative estimate of drug-likeness (QED) is 0.723. The number of benzene rings is 1. The molecule has 2 heteroatoms. The Hall–Kier alpha value is -1.75. The fraction of sp³-hybridized carbons (Fsp3) is 0.250. The van der Waals surface area contributed by atoms with E-state index in [2.05, 4.69) is 11.2 Å². The SMILES string of the molecule is C#CC(C)CC(=O)Nc1ccccc1. The predicted molar refractivity (Wildman–Crippen MR) is 57.7 cm³/mol. The van der Waals surface area contributed by atoms with Gasteiger partial charge in [0, 0.05) is 18.0 Å². The van der Waals surface area contributed by atoms with Crippen LogP contribution in [0.25, 0.3) is 0 Å². The van der Waals surface area contributed by atoms with Crippen LogP contribution in [0.1, 0.15) is 13.3 Å². The van der Waals surface area contributed by atoms with Crippen LogP contribution in [-0.4, -0.2) is 5.91 Å². The molecule has 1 N–H and O–H groups in total. The topological polar surface area (TPSA) is 29.1 Å². The lowest BCUT2D eigenvalue weighted by Gasteiger charge is -2.05. The fourth-order valence-corrected chi connectivity index (χ4v) is 1.07. The summed E-state index contributed by atoms with van der Waals surface area (Å²) in [5, 5.41) is 2.77. The second kappa shape index (κ2) is 5.08. The summed E-state index contributed by atoms with van der Waals surface area (Å²) in [6, 6.07) is 9.34. The van der Waals surface area contributed by atoms with Crippen molar-refractivity contribution in [3.63, 3.8) is 0 Å². The molecule has 1 amide bonds. The van der Waals surface area contributed by atoms with Gasteiger partial charge >= 0.3 is 0 Å². The molecule has 2 nitrogen and oxygen atoms in total. The number of amides is 1. The molecule has 1 atom stereocenters. The van der Waals surface area contributed by atoms with Crippen LogP contribution in [0, 0.1) is 18.3 Å². The highest BCUT2D eigenvalue weighted by Gasteiger charge is 2.05. The Morgan fingerprint density at radius 3 is 2.71 bits per heavy atom. The standard InChI is InChI=1S/C12H13NO/c1-3-10(2)9-12(14)13-11-7-5-4-6-8-11/h1,4-8,10H,9H2,2H3,(H,13,14). The first-order valence-corrected chi connectivity index (χ1v) is 4.53. The van der Waals surface area contributed by atoms with E-state index in [9.17, 15) is 4.79 Å². The van der Waals surface area contributed by atoms with Crippen molar-refractivity contribution < 1.29 is 4.79 Å². The van der Waals surface area contributed by atoms with E-state index >= 15 is 0 Å². The molecular formula is C12H13NO. The van der Waals surface area contributed by atoms with Crippen LogP contribution in [0.2, 0.25) is 0 Å². The minimum atomic E-state index is -0.0401. The smallest absolute Gasteiger partial charge is 0.225 e. The second-order valence-corrected chi connectivity index (χ2v) is 3.19. The van der Waals surface area contributed by atoms with Crippen molar-refractivity contribution in [3.8, 4) is 12.3 Å². The van der Waals surface area contributed by atoms with Crippen LogP contribution in [0.4, 0.5) is 5.69 Å². The number of rotatable bonds is 3. The maximum Gasteiger partial charge on any atom is 0.225 e. The number of carbonyl (C=O) groups excluding carboxylic acids is 1. The maximum absolute atomic E-state index is 11.4. The van der Waals surface area contributed by atoms with Gasteiger partial charge in [-0.1, -0.05) is 25.1 Å². The van der Waals surface area contributed by atoms with Gasteiger partial charge in [-0.2, -0.15) is 0 Å². The summed E-state index contributed by atoms with van der Waals surface area (Å²) in [5.74, 6) is 2.47. The van der Waals surface area contributed by atoms with Gasteiger partial charge in [0.25, 0.3) is 0 Å². The van der Waals surface area contributed by atoms with E-state index < -0.39 is 0 Å². The van der Waals surface area contributed by atoms with E-state index in [1.54, 1.807) is 0 Å². The van der Waals surface area contributed by atoms with Crippen LogP contribution < -0.4 is 5.32 Å². The number of para-hydroxylation sites is 1. The lowest BCUT2D eigenvalue weighted by Crippen LogP contribution is -2.14. The molecule has 0 aliphatic rings. The number of carbonyl (C=O) groups is 1. The summed E-state index contributed by atoms with van der Waals surface area (Å²) in [6.45, 7) is 1.85. The molecule has 0 aliphatic heterocycles. The second-order valence-electron chi connectivity index (χ2n) is 3.19. The molecule has 0 radical (unpaired) electrons. The molecule has 1 rings (SSSR count). The molecule has 0 saturated carbocycles. The molecule has 14 heavy (non-hydrogen) atoms. The molecule has 0 saturated heterocycles. The van der Waals surface area contributed by atoms with Gasteiger partial charge in [0.05, 0.1) is 0 Å². The highest BCUT2D eigenvalue weighted by molar-refractivity contribution is 5.90. The van der Waals surface area contributed by atoms with Crippen molar-refractivity contribution in [3.05, 3.63) is 30.3 Å². The molecule has 0 spiro atoms. The summed E-state index contributed by atoms with van der Waals surface area (Å²) >= 11 is 0. The average molecular weight is 187 g/mol. The zero-order chi connectivity index (χ0) is 10.4. The Bertz CT molecular complexity index is 337. The van der Waals surface area contributed by atoms with E-state index in [-0.39, 0.29) is 11.8 Å². The van der Waals surface area contributed by atoms with Gasteiger partial charge in [0.1, 0.15) is 0 Å². The molecule has 1 aromatic rings. The molecule has 1 unspecified atom stereocenters. The monoisotopic (exact) mass is 187 g/mol. The molecule has 0 fully saturated rings. The first-order chi connectivity index (χ1) is 6.72. The molecule has 1 aromatic carbocycles. The molecule has 0 heterocycles. The van der Waals surface area contributed by atoms with Crippen molar-refractivity contribution in [2.75, 3.05) is 5.32 Å². The maximum atomic E-state index is 11.4. The van der Waals surface area contributed by atoms with Crippen molar-refractivity contribution >= 4 is 11.6 Å². The van der Waals surface area contributed by atoms with E-state index in [1.807, 2.05) is 37.3 Å². The third-order valence-corrected chi connectivity index (χ3v) is 1.83. The highest BCUT2D eigenvalue weighted by Crippen LogP contribution is 2.07. The summed E-state index contributed by atoms with van der Waals surface area (Å²) in [6.07, 6.45) is 5.55. The van der Waals surface area contributed by atoms with Gasteiger partial charge in [-0.15, -0.1) is 12.3 Å². The van der Waals surface area contributed by atoms with E-state index in [1.165, 1.54) is 0 Å². The molecule has 0 bridgehead atoms. The first-order valence-electron chi connectivity index (χ1n) is 4.53. The number of hydrogen-bond acceptors (Lipinski definition) is 1. The lowest BCUT2D eigenvalue weighted by atomic mass is 10.1. The van der Waals surface area contributed by atoms with Crippen molar-refractivity contribution in [1.29, 1.82) is 0 Å². The van der Waals surface area contributed by atoms with Crippen LogP contribution in [0.3, 0.4) is 0 Å². The van der Waals surface area contributed by atoms with Crippen molar-refractivity contribution in [2.45, 2.75) is 13.3 Å². The van der Waals surface area contributed by atoms with Crippen LogP contribution in [0.5, 0.6) is 0 Å². The lowest BCUT2D eigenvalue weighted by molar-refractivity contribution is -0.116. The van der Waals surface area contributed by atoms with Crippen LogP contribution in [0.15, 0.2) is 30.3 Å². The van der Waals surface area contributed by atoms with Crippen LogP contribution >= 0.6 is 0 Å². The Balaban J connectivity index is 2.47. The Labute approximate surface area is 84.3 Å². The number of terminal acetylenes is 1.